The monoisotopic (exact) mass is 273 g/mol. The van der Waals surface area contributed by atoms with E-state index in [4.69, 9.17) is 0 Å². The molecular formula is C13H14F3NO2. The third-order valence-corrected chi connectivity index (χ3v) is 2.92. The molecular weight excluding hydrogens is 259 g/mol. The summed E-state index contributed by atoms with van der Waals surface area (Å²) in [4.78, 5) is 13.0. The Labute approximate surface area is 109 Å². The van der Waals surface area contributed by atoms with E-state index in [0.717, 1.165) is 12.0 Å². The predicted octanol–water partition coefficient (Wildman–Crippen LogP) is 3.38. The van der Waals surface area contributed by atoms with Crippen LogP contribution in [0.4, 0.5) is 23.7 Å². The second-order valence-electron chi connectivity index (χ2n) is 4.72. The van der Waals surface area contributed by atoms with Crippen LogP contribution >= 0.6 is 0 Å². The number of amides is 1. The highest BCUT2D eigenvalue weighted by atomic mass is 19.4. The van der Waals surface area contributed by atoms with Crippen molar-refractivity contribution in [3.8, 4) is 0 Å². The van der Waals surface area contributed by atoms with Crippen LogP contribution in [0.1, 0.15) is 12.5 Å². The number of carbonyl (C=O) groups is 1. The first-order chi connectivity index (χ1) is 8.87. The smallest absolute Gasteiger partial charge is 0.422 e. The summed E-state index contributed by atoms with van der Waals surface area (Å²) in [6.45, 7) is 0.757. The molecule has 3 nitrogen and oxygen atoms in total. The number of hydrogen-bond donors (Lipinski definition) is 0. The lowest BCUT2D eigenvalue weighted by Gasteiger charge is -2.32. The molecule has 1 heterocycles. The number of rotatable bonds is 1. The van der Waals surface area contributed by atoms with Crippen LogP contribution in [0.25, 0.3) is 0 Å². The lowest BCUT2D eigenvalue weighted by Crippen LogP contribution is -2.40. The van der Waals surface area contributed by atoms with Crippen molar-refractivity contribution in [1.29, 1.82) is 0 Å². The molecule has 1 atom stereocenters. The van der Waals surface area contributed by atoms with E-state index in [2.05, 4.69) is 4.74 Å². The lowest BCUT2D eigenvalue weighted by atomic mass is 9.94. The first-order valence-corrected chi connectivity index (χ1v) is 5.96. The molecule has 1 unspecified atom stereocenters. The topological polar surface area (TPSA) is 29.5 Å². The highest BCUT2D eigenvalue weighted by Crippen LogP contribution is 2.30. The first-order valence-electron chi connectivity index (χ1n) is 5.96. The summed E-state index contributed by atoms with van der Waals surface area (Å²) >= 11 is 0. The minimum atomic E-state index is -4.50. The fourth-order valence-electron chi connectivity index (χ4n) is 2.19. The quantitative estimate of drug-likeness (QED) is 0.785. The average molecular weight is 273 g/mol. The Morgan fingerprint density at radius 1 is 1.42 bits per heavy atom. The Morgan fingerprint density at radius 2 is 2.11 bits per heavy atom. The number of carbonyl (C=O) groups excluding carboxylic acids is 1. The number of fused-ring (bicyclic) bond motifs is 1. The molecule has 1 aliphatic rings. The van der Waals surface area contributed by atoms with E-state index < -0.39 is 18.9 Å². The number of nitrogens with zero attached hydrogens (tertiary/aromatic N) is 1. The number of benzene rings is 1. The number of para-hydroxylation sites is 1. The van der Waals surface area contributed by atoms with Crippen LogP contribution in [0.2, 0.25) is 0 Å². The van der Waals surface area contributed by atoms with Crippen LogP contribution in [0.15, 0.2) is 24.3 Å². The molecule has 0 saturated heterocycles. The second-order valence-corrected chi connectivity index (χ2v) is 4.72. The van der Waals surface area contributed by atoms with Crippen molar-refractivity contribution in [1.82, 2.24) is 0 Å². The molecule has 1 amide bonds. The molecule has 1 aromatic carbocycles. The average Bonchev–Trinajstić information content (AvgIpc) is 2.34. The number of anilines is 1. The molecule has 0 aromatic heterocycles. The number of ether oxygens (including phenoxy) is 1. The molecule has 1 aliphatic heterocycles. The summed E-state index contributed by atoms with van der Waals surface area (Å²) in [7, 11) is 0. The zero-order chi connectivity index (χ0) is 14.0. The maximum atomic E-state index is 12.1. The highest BCUT2D eigenvalue weighted by molar-refractivity contribution is 5.89. The van der Waals surface area contributed by atoms with Crippen LogP contribution in [-0.4, -0.2) is 25.4 Å². The molecule has 2 rings (SSSR count). The van der Waals surface area contributed by atoms with E-state index in [1.54, 1.807) is 12.1 Å². The van der Waals surface area contributed by atoms with Crippen LogP contribution in [0, 0.1) is 5.92 Å². The maximum absolute atomic E-state index is 12.1. The van der Waals surface area contributed by atoms with Crippen molar-refractivity contribution in [3.63, 3.8) is 0 Å². The van der Waals surface area contributed by atoms with E-state index in [-0.39, 0.29) is 5.92 Å². The summed E-state index contributed by atoms with van der Waals surface area (Å²) < 4.78 is 40.5. The van der Waals surface area contributed by atoms with Crippen molar-refractivity contribution >= 4 is 11.8 Å². The fourth-order valence-corrected chi connectivity index (χ4v) is 2.19. The Balaban J connectivity index is 2.14. The Bertz CT molecular complexity index is 473. The molecule has 104 valence electrons. The van der Waals surface area contributed by atoms with Crippen LogP contribution in [0.3, 0.4) is 0 Å². The molecule has 0 spiro atoms. The molecule has 0 saturated carbocycles. The SMILES string of the molecule is CC1Cc2ccccc2N(C(=O)OCC(F)(F)F)C1. The van der Waals surface area contributed by atoms with E-state index in [0.29, 0.717) is 12.2 Å². The van der Waals surface area contributed by atoms with Gasteiger partial charge in [0.2, 0.25) is 0 Å². The Morgan fingerprint density at radius 3 is 2.79 bits per heavy atom. The van der Waals surface area contributed by atoms with Gasteiger partial charge in [-0.1, -0.05) is 25.1 Å². The summed E-state index contributed by atoms with van der Waals surface area (Å²) in [6.07, 6.45) is -4.65. The van der Waals surface area contributed by atoms with Gasteiger partial charge in [0.15, 0.2) is 6.61 Å². The van der Waals surface area contributed by atoms with Crippen LogP contribution < -0.4 is 4.90 Å². The van der Waals surface area contributed by atoms with Gasteiger partial charge in [-0.2, -0.15) is 13.2 Å². The molecule has 0 aliphatic carbocycles. The minimum Gasteiger partial charge on any atom is -0.439 e. The number of hydrogen-bond acceptors (Lipinski definition) is 2. The van der Waals surface area contributed by atoms with Gasteiger partial charge in [0.05, 0.1) is 5.69 Å². The predicted molar refractivity (Wildman–Crippen MR) is 64.1 cm³/mol. The van der Waals surface area contributed by atoms with Crippen molar-refractivity contribution in [3.05, 3.63) is 29.8 Å². The standard InChI is InChI=1S/C13H14F3NO2/c1-9-6-10-4-2-3-5-11(10)17(7-9)12(18)19-8-13(14,15)16/h2-5,9H,6-8H2,1H3. The first kappa shape index (κ1) is 13.7. The van der Waals surface area contributed by atoms with Gasteiger partial charge in [-0.3, -0.25) is 4.90 Å². The zero-order valence-corrected chi connectivity index (χ0v) is 10.4. The van der Waals surface area contributed by atoms with Crippen molar-refractivity contribution in [2.45, 2.75) is 19.5 Å². The molecule has 19 heavy (non-hydrogen) atoms. The third-order valence-electron chi connectivity index (χ3n) is 2.92. The molecule has 0 N–H and O–H groups in total. The second kappa shape index (κ2) is 5.11. The zero-order valence-electron chi connectivity index (χ0n) is 10.4. The number of alkyl halides is 3. The molecule has 0 bridgehead atoms. The Kier molecular flexibility index (Phi) is 3.68. The maximum Gasteiger partial charge on any atom is 0.422 e. The molecule has 0 fully saturated rings. The largest absolute Gasteiger partial charge is 0.439 e. The van der Waals surface area contributed by atoms with E-state index in [9.17, 15) is 18.0 Å². The molecule has 6 heteroatoms. The van der Waals surface area contributed by atoms with E-state index in [1.165, 1.54) is 4.90 Å². The lowest BCUT2D eigenvalue weighted by molar-refractivity contribution is -0.159. The van der Waals surface area contributed by atoms with Gasteiger partial charge in [-0.15, -0.1) is 0 Å². The summed E-state index contributed by atoms with van der Waals surface area (Å²) in [6, 6.07) is 7.18. The Hall–Kier alpha value is -1.72. The van der Waals surface area contributed by atoms with Gasteiger partial charge in [0.25, 0.3) is 0 Å². The van der Waals surface area contributed by atoms with E-state index in [1.807, 2.05) is 19.1 Å². The van der Waals surface area contributed by atoms with Gasteiger partial charge in [0, 0.05) is 6.54 Å². The van der Waals surface area contributed by atoms with Gasteiger partial charge >= 0.3 is 12.3 Å². The summed E-state index contributed by atoms with van der Waals surface area (Å²) in [5.74, 6) is 0.188. The van der Waals surface area contributed by atoms with Gasteiger partial charge in [-0.05, 0) is 24.0 Å². The van der Waals surface area contributed by atoms with Gasteiger partial charge < -0.3 is 4.74 Å². The highest BCUT2D eigenvalue weighted by Gasteiger charge is 2.33. The van der Waals surface area contributed by atoms with Crippen molar-refractivity contribution in [2.24, 2.45) is 5.92 Å². The number of halogens is 3. The summed E-state index contributed by atoms with van der Waals surface area (Å²) in [5.41, 5.74) is 1.58. The van der Waals surface area contributed by atoms with Crippen molar-refractivity contribution < 1.29 is 22.7 Å². The molecule has 1 aromatic rings. The van der Waals surface area contributed by atoms with Crippen LogP contribution in [-0.2, 0) is 11.2 Å². The van der Waals surface area contributed by atoms with Crippen LogP contribution in [0.5, 0.6) is 0 Å². The summed E-state index contributed by atoms with van der Waals surface area (Å²) in [5, 5.41) is 0. The van der Waals surface area contributed by atoms with E-state index >= 15 is 0 Å². The molecule has 0 radical (unpaired) electrons. The van der Waals surface area contributed by atoms with Gasteiger partial charge in [-0.25, -0.2) is 4.79 Å². The van der Waals surface area contributed by atoms with Gasteiger partial charge in [0.1, 0.15) is 0 Å². The normalized spacial score (nSPS) is 18.9. The van der Waals surface area contributed by atoms with Crippen molar-refractivity contribution in [2.75, 3.05) is 18.1 Å². The minimum absolute atomic E-state index is 0.188. The fraction of sp³-hybridized carbons (Fsp3) is 0.462. The third kappa shape index (κ3) is 3.39.